The molecule has 4 heteroatoms. The largest absolute Gasteiger partial charge is 0.344 e. The zero-order valence-corrected chi connectivity index (χ0v) is 16.4. The molecule has 2 aromatic rings. The van der Waals surface area contributed by atoms with E-state index in [1.807, 2.05) is 24.3 Å². The lowest BCUT2D eigenvalue weighted by Gasteiger charge is -2.40. The molecule has 0 radical (unpaired) electrons. The van der Waals surface area contributed by atoms with Gasteiger partial charge < -0.3 is 4.90 Å². The first-order valence-electron chi connectivity index (χ1n) is 10.3. The van der Waals surface area contributed by atoms with Gasteiger partial charge in [-0.05, 0) is 37.0 Å². The van der Waals surface area contributed by atoms with Crippen molar-refractivity contribution >= 4 is 17.3 Å². The number of allylic oxidation sites excluding steroid dienone is 3. The third kappa shape index (κ3) is 2.62. The maximum atomic E-state index is 13.6. The minimum Gasteiger partial charge on any atom is -0.344 e. The molecule has 29 heavy (non-hydrogen) atoms. The van der Waals surface area contributed by atoms with Crippen LogP contribution in [0.1, 0.15) is 60.0 Å². The Balaban J connectivity index is 1.80. The normalized spacial score (nSPS) is 20.8. The van der Waals surface area contributed by atoms with Crippen molar-refractivity contribution < 1.29 is 14.0 Å². The Kier molecular flexibility index (Phi) is 4.23. The number of ketones is 2. The third-order valence-corrected chi connectivity index (χ3v) is 6.18. The lowest BCUT2D eigenvalue weighted by Crippen LogP contribution is -2.35. The Morgan fingerprint density at radius 3 is 2.41 bits per heavy atom. The number of carbonyl (C=O) groups is 2. The predicted octanol–water partition coefficient (Wildman–Crippen LogP) is 5.25. The van der Waals surface area contributed by atoms with Crippen molar-refractivity contribution in [3.05, 3.63) is 87.9 Å². The molecule has 1 atom stereocenters. The highest BCUT2D eigenvalue weighted by molar-refractivity contribution is 6.23. The van der Waals surface area contributed by atoms with Gasteiger partial charge in [-0.1, -0.05) is 43.3 Å². The van der Waals surface area contributed by atoms with Gasteiger partial charge in [0, 0.05) is 46.9 Å². The van der Waals surface area contributed by atoms with E-state index in [1.165, 1.54) is 12.1 Å². The molecule has 0 saturated carbocycles. The minimum atomic E-state index is -0.429. The average molecular weight is 387 g/mol. The van der Waals surface area contributed by atoms with E-state index in [4.69, 9.17) is 0 Å². The highest BCUT2D eigenvalue weighted by Crippen LogP contribution is 2.52. The Hall–Kier alpha value is -3.01. The van der Waals surface area contributed by atoms with Crippen LogP contribution in [-0.4, -0.2) is 23.0 Å². The molecule has 0 fully saturated rings. The molecular weight excluding hydrogens is 365 g/mol. The van der Waals surface area contributed by atoms with Gasteiger partial charge in [0.05, 0.1) is 5.70 Å². The van der Waals surface area contributed by atoms with E-state index in [-0.39, 0.29) is 17.4 Å². The Bertz CT molecular complexity index is 1090. The zero-order chi connectivity index (χ0) is 20.1. The van der Waals surface area contributed by atoms with Crippen molar-refractivity contribution in [3.63, 3.8) is 0 Å². The molecule has 0 spiro atoms. The first kappa shape index (κ1) is 18.0. The number of fused-ring (bicyclic) bond motifs is 2. The molecule has 0 N–H and O–H groups in total. The summed E-state index contributed by atoms with van der Waals surface area (Å²) >= 11 is 0. The summed E-state index contributed by atoms with van der Waals surface area (Å²) < 4.78 is 13.6. The standard InChI is InChI=1S/C25H22FNO2/c1-2-14-27-19-8-5-9-20(28)22(19)21(15-10-12-16(26)13-11-15)23-24(27)17-6-3-4-7-18(17)25(23)29/h3-4,6-7,10-13,21H,2,5,8-9,14H2,1H3/t21-/m0/s1. The Morgan fingerprint density at radius 2 is 1.69 bits per heavy atom. The average Bonchev–Trinajstić information content (AvgIpc) is 3.03. The first-order valence-corrected chi connectivity index (χ1v) is 10.3. The summed E-state index contributed by atoms with van der Waals surface area (Å²) in [5, 5.41) is 0. The summed E-state index contributed by atoms with van der Waals surface area (Å²) in [7, 11) is 0. The fourth-order valence-corrected chi connectivity index (χ4v) is 5.04. The minimum absolute atomic E-state index is 0.0176. The van der Waals surface area contributed by atoms with E-state index in [9.17, 15) is 14.0 Å². The quantitative estimate of drug-likeness (QED) is 0.722. The smallest absolute Gasteiger partial charge is 0.192 e. The molecule has 5 rings (SSSR count). The molecule has 0 saturated heterocycles. The van der Waals surface area contributed by atoms with E-state index < -0.39 is 5.92 Å². The number of halogens is 1. The van der Waals surface area contributed by atoms with Gasteiger partial charge in [-0.2, -0.15) is 0 Å². The lowest BCUT2D eigenvalue weighted by atomic mass is 9.74. The van der Waals surface area contributed by atoms with Gasteiger partial charge in [0.15, 0.2) is 11.6 Å². The summed E-state index contributed by atoms with van der Waals surface area (Å²) in [6.45, 7) is 2.88. The molecule has 0 amide bonds. The first-order chi connectivity index (χ1) is 14.1. The van der Waals surface area contributed by atoms with Crippen LogP contribution < -0.4 is 0 Å². The number of nitrogens with zero attached hydrogens (tertiary/aromatic N) is 1. The van der Waals surface area contributed by atoms with Crippen LogP contribution in [0, 0.1) is 5.82 Å². The van der Waals surface area contributed by atoms with Gasteiger partial charge in [-0.3, -0.25) is 9.59 Å². The topological polar surface area (TPSA) is 37.4 Å². The van der Waals surface area contributed by atoms with E-state index in [1.54, 1.807) is 12.1 Å². The third-order valence-electron chi connectivity index (χ3n) is 6.18. The van der Waals surface area contributed by atoms with Crippen LogP contribution in [0.4, 0.5) is 4.39 Å². The molecule has 0 bridgehead atoms. The van der Waals surface area contributed by atoms with E-state index in [0.717, 1.165) is 53.9 Å². The fourth-order valence-electron chi connectivity index (χ4n) is 5.04. The van der Waals surface area contributed by atoms with Crippen molar-refractivity contribution in [2.24, 2.45) is 0 Å². The van der Waals surface area contributed by atoms with Crippen LogP contribution in [-0.2, 0) is 4.79 Å². The van der Waals surface area contributed by atoms with Gasteiger partial charge >= 0.3 is 0 Å². The molecule has 146 valence electrons. The van der Waals surface area contributed by atoms with Gasteiger partial charge in [0.25, 0.3) is 0 Å². The lowest BCUT2D eigenvalue weighted by molar-refractivity contribution is -0.116. The summed E-state index contributed by atoms with van der Waals surface area (Å²) in [5.74, 6) is -0.661. The highest BCUT2D eigenvalue weighted by atomic mass is 19.1. The summed E-state index contributed by atoms with van der Waals surface area (Å²) in [5.41, 5.74) is 5.82. The van der Waals surface area contributed by atoms with Gasteiger partial charge in [0.1, 0.15) is 5.82 Å². The second-order valence-corrected chi connectivity index (χ2v) is 7.91. The maximum Gasteiger partial charge on any atom is 0.192 e. The summed E-state index contributed by atoms with van der Waals surface area (Å²) in [6.07, 6.45) is 3.07. The van der Waals surface area contributed by atoms with Crippen molar-refractivity contribution in [1.82, 2.24) is 4.90 Å². The molecule has 0 aromatic heterocycles. The Labute approximate surface area is 169 Å². The number of hydrogen-bond donors (Lipinski definition) is 0. The molecule has 2 aromatic carbocycles. The molecule has 3 nitrogen and oxygen atoms in total. The molecule has 1 heterocycles. The highest BCUT2D eigenvalue weighted by Gasteiger charge is 2.46. The Morgan fingerprint density at radius 1 is 0.966 bits per heavy atom. The van der Waals surface area contributed by atoms with Crippen LogP contribution in [0.15, 0.2) is 65.4 Å². The zero-order valence-electron chi connectivity index (χ0n) is 16.4. The van der Waals surface area contributed by atoms with Crippen LogP contribution in [0.3, 0.4) is 0 Å². The van der Waals surface area contributed by atoms with Crippen LogP contribution in [0.5, 0.6) is 0 Å². The van der Waals surface area contributed by atoms with Crippen molar-refractivity contribution in [3.8, 4) is 0 Å². The van der Waals surface area contributed by atoms with Gasteiger partial charge in [0.2, 0.25) is 0 Å². The van der Waals surface area contributed by atoms with Crippen molar-refractivity contribution in [1.29, 1.82) is 0 Å². The second kappa shape index (κ2) is 6.80. The molecule has 1 aliphatic heterocycles. The SMILES string of the molecule is CCCN1C2=C(C(=O)CCC2)[C@H](c2ccc(F)cc2)C2=C1c1ccccc1C2=O. The fraction of sp³-hybridized carbons (Fsp3) is 0.280. The number of hydrogen-bond acceptors (Lipinski definition) is 3. The number of benzene rings is 2. The maximum absolute atomic E-state index is 13.6. The van der Waals surface area contributed by atoms with Crippen LogP contribution in [0.25, 0.3) is 5.70 Å². The second-order valence-electron chi connectivity index (χ2n) is 7.91. The molecule has 3 aliphatic rings. The molecular formula is C25H22FNO2. The predicted molar refractivity (Wildman–Crippen MR) is 110 cm³/mol. The molecule has 2 aliphatic carbocycles. The number of rotatable bonds is 3. The summed E-state index contributed by atoms with van der Waals surface area (Å²) in [6, 6.07) is 13.9. The molecule has 0 unspecified atom stereocenters. The van der Waals surface area contributed by atoms with E-state index >= 15 is 0 Å². The van der Waals surface area contributed by atoms with E-state index in [0.29, 0.717) is 17.6 Å². The van der Waals surface area contributed by atoms with Crippen molar-refractivity contribution in [2.45, 2.75) is 38.5 Å². The van der Waals surface area contributed by atoms with Gasteiger partial charge in [-0.25, -0.2) is 4.39 Å². The van der Waals surface area contributed by atoms with Crippen LogP contribution >= 0.6 is 0 Å². The van der Waals surface area contributed by atoms with Gasteiger partial charge in [-0.15, -0.1) is 0 Å². The number of carbonyl (C=O) groups excluding carboxylic acids is 2. The van der Waals surface area contributed by atoms with Crippen LogP contribution in [0.2, 0.25) is 0 Å². The monoisotopic (exact) mass is 387 g/mol. The van der Waals surface area contributed by atoms with E-state index in [2.05, 4.69) is 11.8 Å². The summed E-state index contributed by atoms with van der Waals surface area (Å²) in [4.78, 5) is 28.8. The number of Topliss-reactive ketones (excluding diaryl/α,β-unsaturated/α-hetero) is 2. The van der Waals surface area contributed by atoms with Crippen molar-refractivity contribution in [2.75, 3.05) is 6.54 Å².